The molecule has 0 spiro atoms. The lowest BCUT2D eigenvalue weighted by Crippen LogP contribution is -2.40. The largest absolute Gasteiger partial charge is 0.339 e. The van der Waals surface area contributed by atoms with E-state index in [1.54, 1.807) is 17.1 Å². The van der Waals surface area contributed by atoms with Gasteiger partial charge >= 0.3 is 0 Å². The van der Waals surface area contributed by atoms with E-state index in [1.807, 2.05) is 36.2 Å². The van der Waals surface area contributed by atoms with Crippen LogP contribution in [0.15, 0.2) is 36.7 Å². The van der Waals surface area contributed by atoms with Crippen molar-refractivity contribution in [3.63, 3.8) is 0 Å². The molecule has 5 nitrogen and oxygen atoms in total. The van der Waals surface area contributed by atoms with E-state index in [2.05, 4.69) is 10.4 Å². The summed E-state index contributed by atoms with van der Waals surface area (Å²) >= 11 is 6.00. The van der Waals surface area contributed by atoms with Crippen LogP contribution in [0.1, 0.15) is 23.2 Å². The van der Waals surface area contributed by atoms with Crippen LogP contribution in [0.4, 0.5) is 0 Å². The first-order valence-electron chi connectivity index (χ1n) is 7.92. The minimum atomic E-state index is 0. The van der Waals surface area contributed by atoms with Crippen LogP contribution in [-0.4, -0.2) is 47.3 Å². The number of likely N-dealkylation sites (tertiary alicyclic amines) is 1. The summed E-state index contributed by atoms with van der Waals surface area (Å²) in [5.41, 5.74) is 1.47. The minimum absolute atomic E-state index is 0. The molecule has 1 saturated heterocycles. The lowest BCUT2D eigenvalue weighted by molar-refractivity contribution is 0.0691. The van der Waals surface area contributed by atoms with Gasteiger partial charge in [0.15, 0.2) is 0 Å². The van der Waals surface area contributed by atoms with Gasteiger partial charge in [-0.3, -0.25) is 4.79 Å². The zero-order valence-electron chi connectivity index (χ0n) is 13.6. The normalized spacial score (nSPS) is 15.2. The van der Waals surface area contributed by atoms with Crippen LogP contribution < -0.4 is 5.32 Å². The Hall–Kier alpha value is -1.56. The Morgan fingerprint density at radius 3 is 2.79 bits per heavy atom. The highest BCUT2D eigenvalue weighted by Crippen LogP contribution is 2.19. The third kappa shape index (κ3) is 4.29. The molecule has 3 rings (SSSR count). The van der Waals surface area contributed by atoms with Crippen molar-refractivity contribution in [3.8, 4) is 5.69 Å². The van der Waals surface area contributed by atoms with Crippen molar-refractivity contribution >= 4 is 29.9 Å². The molecule has 7 heteroatoms. The Kier molecular flexibility index (Phi) is 6.66. The highest BCUT2D eigenvalue weighted by atomic mass is 35.5. The van der Waals surface area contributed by atoms with E-state index in [1.165, 1.54) is 0 Å². The number of halogens is 2. The highest BCUT2D eigenvalue weighted by Gasteiger charge is 2.24. The predicted octanol–water partition coefficient (Wildman–Crippen LogP) is 3.02. The maximum atomic E-state index is 12.6. The summed E-state index contributed by atoms with van der Waals surface area (Å²) in [6.45, 7) is 2.65. The Morgan fingerprint density at radius 1 is 1.38 bits per heavy atom. The summed E-state index contributed by atoms with van der Waals surface area (Å²) in [5, 5.41) is 8.15. The second kappa shape index (κ2) is 8.51. The van der Waals surface area contributed by atoms with Gasteiger partial charge in [-0.2, -0.15) is 5.10 Å². The van der Waals surface area contributed by atoms with Crippen LogP contribution in [0.25, 0.3) is 5.69 Å². The van der Waals surface area contributed by atoms with Crippen molar-refractivity contribution in [3.05, 3.63) is 47.2 Å². The van der Waals surface area contributed by atoms with Gasteiger partial charge in [0.25, 0.3) is 5.91 Å². The molecule has 1 aliphatic rings. The molecule has 0 unspecified atom stereocenters. The fraction of sp³-hybridized carbons (Fsp3) is 0.412. The fourth-order valence-electron chi connectivity index (χ4n) is 3.00. The van der Waals surface area contributed by atoms with Gasteiger partial charge in [-0.15, -0.1) is 12.4 Å². The maximum absolute atomic E-state index is 12.6. The van der Waals surface area contributed by atoms with Crippen LogP contribution in [0.5, 0.6) is 0 Å². The number of piperidine rings is 1. The Labute approximate surface area is 153 Å². The molecule has 1 aliphatic heterocycles. The van der Waals surface area contributed by atoms with Crippen LogP contribution >= 0.6 is 24.0 Å². The molecule has 0 atom stereocenters. The molecule has 1 aromatic heterocycles. The lowest BCUT2D eigenvalue weighted by atomic mass is 9.96. The average Bonchev–Trinajstić information content (AvgIpc) is 3.05. The molecule has 1 aromatic carbocycles. The van der Waals surface area contributed by atoms with Crippen molar-refractivity contribution in [1.29, 1.82) is 0 Å². The van der Waals surface area contributed by atoms with Crippen molar-refractivity contribution in [1.82, 2.24) is 20.0 Å². The first-order valence-corrected chi connectivity index (χ1v) is 8.29. The molecule has 2 aromatic rings. The third-order valence-electron chi connectivity index (χ3n) is 4.30. The molecule has 130 valence electrons. The van der Waals surface area contributed by atoms with Crippen molar-refractivity contribution < 1.29 is 4.79 Å². The Bertz CT molecular complexity index is 681. The van der Waals surface area contributed by atoms with E-state index in [0.29, 0.717) is 16.5 Å². The standard InChI is InChI=1S/C17H21ClN4O.ClH/c1-19-10-13-5-7-21(8-6-13)17(23)14-11-20-22(12-14)16-4-2-3-15(18)9-16;/h2-4,9,11-13,19H,5-8,10H2,1H3;1H. The molecule has 1 fully saturated rings. The topological polar surface area (TPSA) is 50.2 Å². The molecular formula is C17H22Cl2N4O. The molecule has 0 saturated carbocycles. The van der Waals surface area contributed by atoms with Crippen LogP contribution in [0.3, 0.4) is 0 Å². The van der Waals surface area contributed by atoms with Gasteiger partial charge in [-0.05, 0) is 50.6 Å². The summed E-state index contributed by atoms with van der Waals surface area (Å²) in [7, 11) is 1.97. The third-order valence-corrected chi connectivity index (χ3v) is 4.53. The number of nitrogens with one attached hydrogen (secondary N) is 1. The Morgan fingerprint density at radius 2 is 2.12 bits per heavy atom. The number of rotatable bonds is 4. The van der Waals surface area contributed by atoms with Gasteiger partial charge in [0, 0.05) is 24.3 Å². The van der Waals surface area contributed by atoms with Gasteiger partial charge < -0.3 is 10.2 Å². The van der Waals surface area contributed by atoms with Crippen molar-refractivity contribution in [2.75, 3.05) is 26.7 Å². The number of amides is 1. The number of nitrogens with zero attached hydrogens (tertiary/aromatic N) is 3. The predicted molar refractivity (Wildman–Crippen MR) is 98.4 cm³/mol. The van der Waals surface area contributed by atoms with E-state index in [0.717, 1.165) is 38.2 Å². The maximum Gasteiger partial charge on any atom is 0.257 e. The monoisotopic (exact) mass is 368 g/mol. The number of benzene rings is 1. The first-order chi connectivity index (χ1) is 11.2. The number of carbonyl (C=O) groups excluding carboxylic acids is 1. The van der Waals surface area contributed by atoms with Crippen LogP contribution in [-0.2, 0) is 0 Å². The Balaban J connectivity index is 0.00000208. The average molecular weight is 369 g/mol. The van der Waals surface area contributed by atoms with Gasteiger partial charge in [-0.25, -0.2) is 4.68 Å². The van der Waals surface area contributed by atoms with Gasteiger partial charge in [0.2, 0.25) is 0 Å². The van der Waals surface area contributed by atoms with Gasteiger partial charge in [-0.1, -0.05) is 17.7 Å². The molecule has 1 N–H and O–H groups in total. The molecular weight excluding hydrogens is 347 g/mol. The number of hydrogen-bond acceptors (Lipinski definition) is 3. The number of aromatic nitrogens is 2. The molecule has 1 amide bonds. The first kappa shape index (κ1) is 18.8. The van der Waals surface area contributed by atoms with E-state index in [4.69, 9.17) is 11.6 Å². The lowest BCUT2D eigenvalue weighted by Gasteiger charge is -2.31. The molecule has 0 aliphatic carbocycles. The summed E-state index contributed by atoms with van der Waals surface area (Å²) in [6, 6.07) is 7.42. The highest BCUT2D eigenvalue weighted by molar-refractivity contribution is 6.30. The van der Waals surface area contributed by atoms with Gasteiger partial charge in [0.05, 0.1) is 17.4 Å². The van der Waals surface area contributed by atoms with Gasteiger partial charge in [0.1, 0.15) is 0 Å². The van der Waals surface area contributed by atoms with E-state index in [9.17, 15) is 4.79 Å². The number of carbonyl (C=O) groups is 1. The summed E-state index contributed by atoms with van der Waals surface area (Å²) in [4.78, 5) is 14.5. The second-order valence-electron chi connectivity index (χ2n) is 5.95. The fourth-order valence-corrected chi connectivity index (χ4v) is 3.19. The minimum Gasteiger partial charge on any atom is -0.339 e. The van der Waals surface area contributed by atoms with E-state index < -0.39 is 0 Å². The van der Waals surface area contributed by atoms with E-state index in [-0.39, 0.29) is 18.3 Å². The molecule has 0 radical (unpaired) electrons. The number of hydrogen-bond donors (Lipinski definition) is 1. The summed E-state index contributed by atoms with van der Waals surface area (Å²) in [6.07, 6.45) is 5.50. The molecule has 2 heterocycles. The molecule has 0 bridgehead atoms. The zero-order valence-corrected chi connectivity index (χ0v) is 15.2. The van der Waals surface area contributed by atoms with Crippen molar-refractivity contribution in [2.45, 2.75) is 12.8 Å². The van der Waals surface area contributed by atoms with E-state index >= 15 is 0 Å². The quantitative estimate of drug-likeness (QED) is 0.902. The molecule has 24 heavy (non-hydrogen) atoms. The van der Waals surface area contributed by atoms with Crippen LogP contribution in [0, 0.1) is 5.92 Å². The van der Waals surface area contributed by atoms with Crippen molar-refractivity contribution in [2.24, 2.45) is 5.92 Å². The zero-order chi connectivity index (χ0) is 16.2. The summed E-state index contributed by atoms with van der Waals surface area (Å²) < 4.78 is 1.69. The van der Waals surface area contributed by atoms with Crippen LogP contribution in [0.2, 0.25) is 5.02 Å². The SMILES string of the molecule is CNCC1CCN(C(=O)c2cnn(-c3cccc(Cl)c3)c2)CC1.Cl. The second-order valence-corrected chi connectivity index (χ2v) is 6.38. The smallest absolute Gasteiger partial charge is 0.257 e. The summed E-state index contributed by atoms with van der Waals surface area (Å²) in [5.74, 6) is 0.722.